The highest BCUT2D eigenvalue weighted by atomic mass is 32.1. The third-order valence-electron chi connectivity index (χ3n) is 3.31. The van der Waals surface area contributed by atoms with E-state index in [-0.39, 0.29) is 6.54 Å². The molecule has 0 saturated heterocycles. The molecule has 5 heteroatoms. The summed E-state index contributed by atoms with van der Waals surface area (Å²) in [7, 11) is 0. The van der Waals surface area contributed by atoms with Gasteiger partial charge in [-0.3, -0.25) is 5.21 Å². The summed E-state index contributed by atoms with van der Waals surface area (Å²) in [5.41, 5.74) is 6.05. The van der Waals surface area contributed by atoms with E-state index in [1.807, 2.05) is 18.2 Å². The molecule has 0 atom stereocenters. The fraction of sp³-hybridized carbons (Fsp3) is 0.133. The van der Waals surface area contributed by atoms with Crippen LogP contribution < -0.4 is 5.73 Å². The molecular weight excluding hydrogens is 272 g/mol. The van der Waals surface area contributed by atoms with E-state index < -0.39 is 6.03 Å². The van der Waals surface area contributed by atoms with Crippen LogP contribution in [0.2, 0.25) is 0 Å². The highest BCUT2D eigenvalue weighted by Gasteiger charge is 2.08. The molecule has 0 bridgehead atoms. The molecule has 0 saturated carbocycles. The van der Waals surface area contributed by atoms with Gasteiger partial charge in [-0.15, -0.1) is 11.3 Å². The number of rotatable bonds is 3. The summed E-state index contributed by atoms with van der Waals surface area (Å²) in [6.07, 6.45) is 0.573. The van der Waals surface area contributed by atoms with E-state index in [0.29, 0.717) is 11.5 Å². The molecule has 2 amide bonds. The number of hydrogen-bond acceptors (Lipinski definition) is 3. The molecule has 3 N–H and O–H groups in total. The maximum Gasteiger partial charge on any atom is 0.338 e. The van der Waals surface area contributed by atoms with Crippen LogP contribution in [0.15, 0.2) is 42.5 Å². The molecule has 1 aromatic heterocycles. The van der Waals surface area contributed by atoms with Crippen molar-refractivity contribution in [1.29, 1.82) is 0 Å². The standard InChI is InChI=1S/C15H14N2O2S/c16-15(18)17(19)8-7-10-5-6-12-11-3-1-2-4-13(11)20-14(12)9-10/h1-6,9,19H,7-8H2,(H2,16,18). The lowest BCUT2D eigenvalue weighted by Crippen LogP contribution is -2.34. The SMILES string of the molecule is NC(=O)N(O)CCc1ccc2c(c1)sc1ccccc12. The van der Waals surface area contributed by atoms with Crippen LogP contribution in [0, 0.1) is 0 Å². The van der Waals surface area contributed by atoms with Crippen LogP contribution in [0.1, 0.15) is 5.56 Å². The Morgan fingerprint density at radius 3 is 2.70 bits per heavy atom. The molecule has 0 fully saturated rings. The lowest BCUT2D eigenvalue weighted by molar-refractivity contribution is -0.0382. The van der Waals surface area contributed by atoms with Gasteiger partial charge in [0.05, 0.1) is 6.54 Å². The lowest BCUT2D eigenvalue weighted by atomic mass is 10.1. The van der Waals surface area contributed by atoms with Crippen molar-refractivity contribution in [2.75, 3.05) is 6.54 Å². The Morgan fingerprint density at radius 1 is 1.15 bits per heavy atom. The minimum Gasteiger partial charge on any atom is -0.350 e. The number of carbonyl (C=O) groups excluding carboxylic acids is 1. The molecule has 0 spiro atoms. The lowest BCUT2D eigenvalue weighted by Gasteiger charge is -2.11. The van der Waals surface area contributed by atoms with Crippen molar-refractivity contribution in [3.63, 3.8) is 0 Å². The van der Waals surface area contributed by atoms with E-state index >= 15 is 0 Å². The fourth-order valence-electron chi connectivity index (χ4n) is 2.27. The summed E-state index contributed by atoms with van der Waals surface area (Å²) in [5, 5.41) is 12.3. The number of urea groups is 1. The largest absolute Gasteiger partial charge is 0.350 e. The maximum absolute atomic E-state index is 10.8. The minimum atomic E-state index is -0.826. The number of thiophene rings is 1. The first-order valence-electron chi connectivity index (χ1n) is 6.31. The van der Waals surface area contributed by atoms with Crippen molar-refractivity contribution in [2.24, 2.45) is 5.73 Å². The van der Waals surface area contributed by atoms with E-state index in [0.717, 1.165) is 5.56 Å². The Hall–Kier alpha value is -2.11. The summed E-state index contributed by atoms with van der Waals surface area (Å²) < 4.78 is 2.48. The van der Waals surface area contributed by atoms with Crippen molar-refractivity contribution in [3.8, 4) is 0 Å². The van der Waals surface area contributed by atoms with Crippen molar-refractivity contribution in [3.05, 3.63) is 48.0 Å². The van der Waals surface area contributed by atoms with Crippen LogP contribution in [0.4, 0.5) is 4.79 Å². The van der Waals surface area contributed by atoms with Crippen molar-refractivity contribution >= 4 is 37.5 Å². The van der Waals surface area contributed by atoms with Crippen LogP contribution >= 0.6 is 11.3 Å². The number of primary amides is 1. The summed E-state index contributed by atoms with van der Waals surface area (Å²) in [6, 6.07) is 13.7. The third kappa shape index (κ3) is 2.33. The highest BCUT2D eigenvalue weighted by Crippen LogP contribution is 2.34. The molecule has 3 aromatic rings. The van der Waals surface area contributed by atoms with Crippen LogP contribution in [0.25, 0.3) is 20.2 Å². The Morgan fingerprint density at radius 2 is 1.90 bits per heavy atom. The molecule has 4 nitrogen and oxygen atoms in total. The normalized spacial score (nSPS) is 11.1. The van der Waals surface area contributed by atoms with Crippen LogP contribution in [0.5, 0.6) is 0 Å². The molecule has 3 rings (SSSR count). The van der Waals surface area contributed by atoms with E-state index in [2.05, 4.69) is 24.3 Å². The molecule has 0 unspecified atom stereocenters. The minimum absolute atomic E-state index is 0.200. The number of carbonyl (C=O) groups is 1. The van der Waals surface area contributed by atoms with E-state index in [1.165, 1.54) is 20.2 Å². The number of hydrogen-bond donors (Lipinski definition) is 2. The first kappa shape index (κ1) is 12.9. The number of fused-ring (bicyclic) bond motifs is 3. The molecular formula is C15H14N2O2S. The predicted octanol–water partition coefficient (Wildman–Crippen LogP) is 3.37. The molecule has 0 aliphatic carbocycles. The van der Waals surface area contributed by atoms with E-state index in [9.17, 15) is 10.0 Å². The summed E-state index contributed by atoms with van der Waals surface area (Å²) >= 11 is 1.75. The zero-order chi connectivity index (χ0) is 14.1. The molecule has 20 heavy (non-hydrogen) atoms. The van der Waals surface area contributed by atoms with Gasteiger partial charge in [-0.25, -0.2) is 9.86 Å². The van der Waals surface area contributed by atoms with Crippen LogP contribution in [-0.2, 0) is 6.42 Å². The molecule has 0 aliphatic rings. The number of benzene rings is 2. The van der Waals surface area contributed by atoms with Gasteiger partial charge >= 0.3 is 6.03 Å². The van der Waals surface area contributed by atoms with Gasteiger partial charge in [0.2, 0.25) is 0 Å². The van der Waals surface area contributed by atoms with E-state index in [1.54, 1.807) is 11.3 Å². The van der Waals surface area contributed by atoms with Gasteiger partial charge in [0, 0.05) is 20.2 Å². The van der Waals surface area contributed by atoms with Gasteiger partial charge in [0.15, 0.2) is 0 Å². The molecule has 1 heterocycles. The van der Waals surface area contributed by atoms with Gasteiger partial charge in [0.1, 0.15) is 0 Å². The summed E-state index contributed by atoms with van der Waals surface area (Å²) in [6.45, 7) is 0.200. The zero-order valence-electron chi connectivity index (χ0n) is 10.7. The average molecular weight is 286 g/mol. The Kier molecular flexibility index (Phi) is 3.30. The topological polar surface area (TPSA) is 66.6 Å². The van der Waals surface area contributed by atoms with E-state index in [4.69, 9.17) is 5.73 Å². The van der Waals surface area contributed by atoms with Gasteiger partial charge in [-0.05, 0) is 24.1 Å². The quantitative estimate of drug-likeness (QED) is 0.572. The van der Waals surface area contributed by atoms with Gasteiger partial charge < -0.3 is 5.73 Å². The summed E-state index contributed by atoms with van der Waals surface area (Å²) in [4.78, 5) is 10.8. The van der Waals surface area contributed by atoms with Gasteiger partial charge in [0.25, 0.3) is 0 Å². The van der Waals surface area contributed by atoms with Gasteiger partial charge in [-0.2, -0.15) is 0 Å². The monoisotopic (exact) mass is 286 g/mol. The zero-order valence-corrected chi connectivity index (χ0v) is 11.6. The number of amides is 2. The summed E-state index contributed by atoms with van der Waals surface area (Å²) in [5.74, 6) is 0. The molecule has 0 aliphatic heterocycles. The van der Waals surface area contributed by atoms with Crippen LogP contribution in [-0.4, -0.2) is 22.8 Å². The van der Waals surface area contributed by atoms with Crippen LogP contribution in [0.3, 0.4) is 0 Å². The molecule has 102 valence electrons. The second-order valence-electron chi connectivity index (χ2n) is 4.64. The van der Waals surface area contributed by atoms with Crippen molar-refractivity contribution < 1.29 is 10.0 Å². The Bertz CT molecular complexity index is 782. The smallest absolute Gasteiger partial charge is 0.338 e. The van der Waals surface area contributed by atoms with Crippen molar-refractivity contribution in [1.82, 2.24) is 5.06 Å². The highest BCUT2D eigenvalue weighted by molar-refractivity contribution is 7.25. The first-order valence-corrected chi connectivity index (χ1v) is 7.13. The Labute approximate surface area is 120 Å². The first-order chi connectivity index (χ1) is 9.65. The Balaban J connectivity index is 1.91. The predicted molar refractivity (Wildman–Crippen MR) is 81.1 cm³/mol. The average Bonchev–Trinajstić information content (AvgIpc) is 2.82. The number of nitrogens with two attached hydrogens (primary N) is 1. The molecule has 2 aromatic carbocycles. The second kappa shape index (κ2) is 5.11. The van der Waals surface area contributed by atoms with Gasteiger partial charge in [-0.1, -0.05) is 30.3 Å². The number of nitrogens with zero attached hydrogens (tertiary/aromatic N) is 1. The molecule has 0 radical (unpaired) electrons. The third-order valence-corrected chi connectivity index (χ3v) is 4.44. The maximum atomic E-state index is 10.8. The number of hydroxylamine groups is 2. The second-order valence-corrected chi connectivity index (χ2v) is 5.72. The van der Waals surface area contributed by atoms with Crippen molar-refractivity contribution in [2.45, 2.75) is 6.42 Å². The fourth-order valence-corrected chi connectivity index (χ4v) is 3.44.